The Balaban J connectivity index is 2.17. The van der Waals surface area contributed by atoms with Gasteiger partial charge in [0.25, 0.3) is 5.69 Å². The van der Waals surface area contributed by atoms with Crippen LogP contribution >= 0.6 is 15.9 Å². The van der Waals surface area contributed by atoms with Crippen molar-refractivity contribution in [2.75, 3.05) is 13.7 Å². The molecule has 0 bridgehead atoms. The molecule has 0 unspecified atom stereocenters. The van der Waals surface area contributed by atoms with Crippen molar-refractivity contribution in [2.24, 2.45) is 5.92 Å². The molecular formula is C19H23BrN2O4. The first-order valence-electron chi connectivity index (χ1n) is 8.34. The summed E-state index contributed by atoms with van der Waals surface area (Å²) in [7, 11) is 1.60. The highest BCUT2D eigenvalue weighted by Crippen LogP contribution is 2.36. The van der Waals surface area contributed by atoms with Crippen LogP contribution in [0.2, 0.25) is 0 Å². The third-order valence-corrected chi connectivity index (χ3v) is 4.51. The maximum absolute atomic E-state index is 10.8. The van der Waals surface area contributed by atoms with Gasteiger partial charge in [-0.05, 0) is 42.3 Å². The summed E-state index contributed by atoms with van der Waals surface area (Å²) in [5.41, 5.74) is 1.89. The van der Waals surface area contributed by atoms with Gasteiger partial charge in [0.2, 0.25) is 0 Å². The monoisotopic (exact) mass is 422 g/mol. The molecule has 0 radical (unpaired) electrons. The maximum Gasteiger partial charge on any atom is 0.269 e. The zero-order valence-electron chi connectivity index (χ0n) is 15.1. The van der Waals surface area contributed by atoms with Crippen LogP contribution in [-0.4, -0.2) is 18.6 Å². The van der Waals surface area contributed by atoms with Crippen LogP contribution in [-0.2, 0) is 13.2 Å². The first-order valence-corrected chi connectivity index (χ1v) is 9.14. The summed E-state index contributed by atoms with van der Waals surface area (Å²) in [6.07, 6.45) is 0. The highest BCUT2D eigenvalue weighted by Gasteiger charge is 2.15. The number of benzene rings is 2. The molecule has 7 heteroatoms. The second-order valence-corrected chi connectivity index (χ2v) is 7.15. The van der Waals surface area contributed by atoms with Crippen LogP contribution in [0, 0.1) is 16.0 Å². The fraction of sp³-hybridized carbons (Fsp3) is 0.368. The molecule has 0 aliphatic heterocycles. The summed E-state index contributed by atoms with van der Waals surface area (Å²) < 4.78 is 12.4. The summed E-state index contributed by atoms with van der Waals surface area (Å²) in [6, 6.07) is 10.1. The quantitative estimate of drug-likeness (QED) is 0.468. The zero-order valence-corrected chi connectivity index (χ0v) is 16.7. The summed E-state index contributed by atoms with van der Waals surface area (Å²) in [5, 5.41) is 14.2. The van der Waals surface area contributed by atoms with Crippen molar-refractivity contribution in [3.8, 4) is 11.5 Å². The number of ether oxygens (including phenoxy) is 2. The van der Waals surface area contributed by atoms with Crippen molar-refractivity contribution in [3.63, 3.8) is 0 Å². The zero-order chi connectivity index (χ0) is 19.1. The standard InChI is InChI=1S/C19H23BrN2O4/c1-13(2)10-21-11-16-17(20)8-9-18(25-3)19(16)26-12-14-4-6-15(7-5-14)22(23)24/h4-9,13,21H,10-12H2,1-3H3. The molecule has 0 saturated carbocycles. The van der Waals surface area contributed by atoms with Gasteiger partial charge in [0.15, 0.2) is 11.5 Å². The first-order chi connectivity index (χ1) is 12.4. The second kappa shape index (κ2) is 9.54. The average molecular weight is 423 g/mol. The van der Waals surface area contributed by atoms with E-state index in [0.717, 1.165) is 22.1 Å². The molecule has 0 aliphatic rings. The van der Waals surface area contributed by atoms with Gasteiger partial charge >= 0.3 is 0 Å². The first kappa shape index (κ1) is 20.2. The van der Waals surface area contributed by atoms with Crippen molar-refractivity contribution in [3.05, 3.63) is 62.1 Å². The summed E-state index contributed by atoms with van der Waals surface area (Å²) in [4.78, 5) is 10.3. The molecule has 0 amide bonds. The number of nitrogens with one attached hydrogen (secondary N) is 1. The predicted molar refractivity (Wildman–Crippen MR) is 105 cm³/mol. The van der Waals surface area contributed by atoms with Crippen molar-refractivity contribution in [2.45, 2.75) is 27.0 Å². The highest BCUT2D eigenvalue weighted by molar-refractivity contribution is 9.10. The normalized spacial score (nSPS) is 10.8. The Morgan fingerprint density at radius 3 is 2.46 bits per heavy atom. The number of nitro groups is 1. The number of hydrogen-bond donors (Lipinski definition) is 1. The maximum atomic E-state index is 10.8. The minimum Gasteiger partial charge on any atom is -0.493 e. The molecule has 140 valence electrons. The topological polar surface area (TPSA) is 73.6 Å². The van der Waals surface area contributed by atoms with Crippen molar-refractivity contribution in [1.82, 2.24) is 5.32 Å². The molecule has 0 heterocycles. The molecule has 0 atom stereocenters. The largest absolute Gasteiger partial charge is 0.493 e. The number of methoxy groups -OCH3 is 1. The Labute approximate surface area is 161 Å². The summed E-state index contributed by atoms with van der Waals surface area (Å²) >= 11 is 3.58. The lowest BCUT2D eigenvalue weighted by Gasteiger charge is -2.17. The minimum atomic E-state index is -0.416. The third kappa shape index (κ3) is 5.44. The van der Waals surface area contributed by atoms with E-state index in [9.17, 15) is 10.1 Å². The number of non-ortho nitro benzene ring substituents is 1. The van der Waals surface area contributed by atoms with Gasteiger partial charge in [-0.25, -0.2) is 0 Å². The number of nitrogens with zero attached hydrogens (tertiary/aromatic N) is 1. The fourth-order valence-corrected chi connectivity index (χ4v) is 2.87. The van der Waals surface area contributed by atoms with Crippen LogP contribution in [0.5, 0.6) is 11.5 Å². The molecular weight excluding hydrogens is 400 g/mol. The number of rotatable bonds is 9. The second-order valence-electron chi connectivity index (χ2n) is 6.29. The van der Waals surface area contributed by atoms with E-state index in [1.165, 1.54) is 12.1 Å². The minimum absolute atomic E-state index is 0.0624. The lowest BCUT2D eigenvalue weighted by atomic mass is 10.1. The van der Waals surface area contributed by atoms with E-state index in [1.54, 1.807) is 19.2 Å². The molecule has 2 aromatic rings. The number of hydrogen-bond acceptors (Lipinski definition) is 5. The van der Waals surface area contributed by atoms with Gasteiger partial charge in [-0.2, -0.15) is 0 Å². The van der Waals surface area contributed by atoms with Crippen LogP contribution < -0.4 is 14.8 Å². The summed E-state index contributed by atoms with van der Waals surface area (Å²) in [6.45, 7) is 6.14. The van der Waals surface area contributed by atoms with Gasteiger partial charge in [0, 0.05) is 28.7 Å². The molecule has 6 nitrogen and oxygen atoms in total. The van der Waals surface area contributed by atoms with E-state index in [2.05, 4.69) is 35.1 Å². The van der Waals surface area contributed by atoms with Crippen LogP contribution in [0.15, 0.2) is 40.9 Å². The molecule has 0 aromatic heterocycles. The average Bonchev–Trinajstić information content (AvgIpc) is 2.61. The number of halogens is 1. The molecule has 0 fully saturated rings. The molecule has 0 spiro atoms. The van der Waals surface area contributed by atoms with Gasteiger partial charge in [0.1, 0.15) is 6.61 Å². The van der Waals surface area contributed by atoms with Gasteiger partial charge < -0.3 is 14.8 Å². The van der Waals surface area contributed by atoms with Crippen LogP contribution in [0.3, 0.4) is 0 Å². The van der Waals surface area contributed by atoms with Gasteiger partial charge in [-0.1, -0.05) is 29.8 Å². The predicted octanol–water partition coefficient (Wildman–Crippen LogP) is 4.69. The third-order valence-electron chi connectivity index (χ3n) is 3.77. The molecule has 2 aromatic carbocycles. The van der Waals surface area contributed by atoms with Crippen molar-refractivity contribution >= 4 is 21.6 Å². The van der Waals surface area contributed by atoms with Crippen LogP contribution in [0.4, 0.5) is 5.69 Å². The molecule has 0 saturated heterocycles. The van der Waals surface area contributed by atoms with Crippen molar-refractivity contribution in [1.29, 1.82) is 0 Å². The lowest BCUT2D eigenvalue weighted by Crippen LogP contribution is -2.20. The van der Waals surface area contributed by atoms with Gasteiger partial charge in [-0.3, -0.25) is 10.1 Å². The van der Waals surface area contributed by atoms with E-state index in [1.807, 2.05) is 12.1 Å². The Morgan fingerprint density at radius 2 is 1.88 bits per heavy atom. The Bertz CT molecular complexity index is 748. The van der Waals surface area contributed by atoms with Gasteiger partial charge in [0.05, 0.1) is 12.0 Å². The molecule has 0 aliphatic carbocycles. The SMILES string of the molecule is COc1ccc(Br)c(CNCC(C)C)c1OCc1ccc([N+](=O)[O-])cc1. The number of nitro benzene ring substituents is 1. The van der Waals surface area contributed by atoms with E-state index >= 15 is 0 Å². The van der Waals surface area contributed by atoms with E-state index in [0.29, 0.717) is 30.6 Å². The Hall–Kier alpha value is -2.12. The lowest BCUT2D eigenvalue weighted by molar-refractivity contribution is -0.384. The molecule has 2 rings (SSSR count). The highest BCUT2D eigenvalue weighted by atomic mass is 79.9. The van der Waals surface area contributed by atoms with Gasteiger partial charge in [-0.15, -0.1) is 0 Å². The van der Waals surface area contributed by atoms with Crippen LogP contribution in [0.25, 0.3) is 0 Å². The van der Waals surface area contributed by atoms with E-state index in [4.69, 9.17) is 9.47 Å². The molecule has 1 N–H and O–H groups in total. The molecule has 26 heavy (non-hydrogen) atoms. The smallest absolute Gasteiger partial charge is 0.269 e. The van der Waals surface area contributed by atoms with Crippen molar-refractivity contribution < 1.29 is 14.4 Å². The Kier molecular flexibility index (Phi) is 7.41. The Morgan fingerprint density at radius 1 is 1.19 bits per heavy atom. The van der Waals surface area contributed by atoms with Crippen LogP contribution in [0.1, 0.15) is 25.0 Å². The summed E-state index contributed by atoms with van der Waals surface area (Å²) in [5.74, 6) is 1.86. The van der Waals surface area contributed by atoms with E-state index in [-0.39, 0.29) is 5.69 Å². The fourth-order valence-electron chi connectivity index (χ4n) is 2.42. The van der Waals surface area contributed by atoms with E-state index < -0.39 is 4.92 Å².